The van der Waals surface area contributed by atoms with Crippen LogP contribution in [0.2, 0.25) is 0 Å². The number of ether oxygens (including phenoxy) is 1. The number of carbonyl (C=O) groups is 2. The predicted octanol–water partition coefficient (Wildman–Crippen LogP) is 2.96. The molecule has 2 aromatic rings. The molecule has 1 aliphatic carbocycles. The Bertz CT molecular complexity index is 783. The Hall–Kier alpha value is -2.76. The first-order valence-corrected chi connectivity index (χ1v) is 9.14. The van der Waals surface area contributed by atoms with Crippen LogP contribution in [0, 0.1) is 0 Å². The molecule has 0 radical (unpaired) electrons. The van der Waals surface area contributed by atoms with E-state index in [2.05, 4.69) is 9.88 Å². The van der Waals surface area contributed by atoms with Gasteiger partial charge in [0.05, 0.1) is 0 Å². The van der Waals surface area contributed by atoms with Gasteiger partial charge in [-0.1, -0.05) is 30.3 Å². The summed E-state index contributed by atoms with van der Waals surface area (Å²) in [5.74, 6) is -0.0635. The molecule has 2 amide bonds. The van der Waals surface area contributed by atoms with Crippen molar-refractivity contribution in [3.05, 3.63) is 59.9 Å². The van der Waals surface area contributed by atoms with Crippen molar-refractivity contribution in [1.29, 1.82) is 0 Å². The quantitative estimate of drug-likeness (QED) is 0.899. The minimum atomic E-state index is -0.327. The van der Waals surface area contributed by atoms with Crippen molar-refractivity contribution in [2.75, 3.05) is 13.1 Å². The Kier molecular flexibility index (Phi) is 4.65. The van der Waals surface area contributed by atoms with Crippen LogP contribution < -0.4 is 5.32 Å². The lowest BCUT2D eigenvalue weighted by molar-refractivity contribution is 0.0913. The van der Waals surface area contributed by atoms with Crippen LogP contribution >= 0.6 is 0 Å². The molecule has 1 aliphatic heterocycles. The molecule has 1 N–H and O–H groups in total. The van der Waals surface area contributed by atoms with Gasteiger partial charge < -0.3 is 19.5 Å². The summed E-state index contributed by atoms with van der Waals surface area (Å²) in [5, 5.41) is 3.05. The molecule has 2 heterocycles. The van der Waals surface area contributed by atoms with Gasteiger partial charge >= 0.3 is 6.09 Å². The molecule has 26 heavy (non-hydrogen) atoms. The van der Waals surface area contributed by atoms with Crippen molar-refractivity contribution >= 4 is 12.0 Å². The van der Waals surface area contributed by atoms with E-state index >= 15 is 0 Å². The second-order valence-corrected chi connectivity index (χ2v) is 6.98. The fourth-order valence-corrected chi connectivity index (χ4v) is 3.37. The molecule has 136 valence electrons. The lowest BCUT2D eigenvalue weighted by Gasteiger charge is -2.17. The average Bonchev–Trinajstić information content (AvgIpc) is 3.19. The number of likely N-dealkylation sites (tertiary alicyclic amines) is 1. The van der Waals surface area contributed by atoms with E-state index in [0.717, 1.165) is 24.8 Å². The Morgan fingerprint density at radius 3 is 2.65 bits per heavy atom. The summed E-state index contributed by atoms with van der Waals surface area (Å²) in [6.07, 6.45) is 4.66. The van der Waals surface area contributed by atoms with Gasteiger partial charge in [-0.25, -0.2) is 4.79 Å². The zero-order valence-corrected chi connectivity index (χ0v) is 14.6. The van der Waals surface area contributed by atoms with Crippen molar-refractivity contribution in [2.45, 2.75) is 38.0 Å². The van der Waals surface area contributed by atoms with Crippen LogP contribution in [0.1, 0.15) is 41.4 Å². The highest BCUT2D eigenvalue weighted by Gasteiger charge is 2.31. The second-order valence-electron chi connectivity index (χ2n) is 6.98. The number of benzene rings is 1. The third-order valence-electron chi connectivity index (χ3n) is 4.94. The molecule has 0 bridgehead atoms. The molecule has 1 aromatic carbocycles. The first-order valence-electron chi connectivity index (χ1n) is 9.14. The van der Waals surface area contributed by atoms with Crippen LogP contribution in [-0.4, -0.2) is 40.6 Å². The van der Waals surface area contributed by atoms with Gasteiger partial charge in [-0.2, -0.15) is 0 Å². The van der Waals surface area contributed by atoms with E-state index in [1.54, 1.807) is 4.90 Å². The topological polar surface area (TPSA) is 63.6 Å². The number of hydrogen-bond acceptors (Lipinski definition) is 3. The lowest BCUT2D eigenvalue weighted by Crippen LogP contribution is -2.39. The SMILES string of the molecule is O=C(N[C@@H]1CCN(C(=O)OCc2ccccc2)C1)c1cccn1C1CC1. The zero-order chi connectivity index (χ0) is 17.9. The van der Waals surface area contributed by atoms with Crippen LogP contribution in [0.4, 0.5) is 4.79 Å². The molecule has 1 atom stereocenters. The summed E-state index contributed by atoms with van der Waals surface area (Å²) >= 11 is 0. The lowest BCUT2D eigenvalue weighted by atomic mass is 10.2. The van der Waals surface area contributed by atoms with Gasteiger partial charge in [0.1, 0.15) is 12.3 Å². The molecule has 4 rings (SSSR count). The standard InChI is InChI=1S/C20H23N3O3/c24-19(18-7-4-11-23(18)17-8-9-17)21-16-10-12-22(13-16)20(25)26-14-15-5-2-1-3-6-15/h1-7,11,16-17H,8-10,12-14H2,(H,21,24)/t16-/m1/s1. The summed E-state index contributed by atoms with van der Waals surface area (Å²) in [4.78, 5) is 26.4. The first kappa shape index (κ1) is 16.7. The third kappa shape index (κ3) is 3.74. The van der Waals surface area contributed by atoms with E-state index < -0.39 is 0 Å². The minimum Gasteiger partial charge on any atom is -0.445 e. The molecule has 1 saturated carbocycles. The molecular formula is C20H23N3O3. The van der Waals surface area contributed by atoms with Crippen molar-refractivity contribution in [2.24, 2.45) is 0 Å². The highest BCUT2D eigenvalue weighted by molar-refractivity contribution is 5.93. The monoisotopic (exact) mass is 353 g/mol. The Morgan fingerprint density at radius 1 is 1.08 bits per heavy atom. The molecule has 1 aromatic heterocycles. The number of hydrogen-bond donors (Lipinski definition) is 1. The molecule has 2 fully saturated rings. The van der Waals surface area contributed by atoms with Gasteiger partial charge in [-0.15, -0.1) is 0 Å². The van der Waals surface area contributed by atoms with Gasteiger partial charge in [0.2, 0.25) is 0 Å². The molecule has 0 unspecified atom stereocenters. The van der Waals surface area contributed by atoms with Crippen molar-refractivity contribution in [3.63, 3.8) is 0 Å². The number of nitrogens with one attached hydrogen (secondary N) is 1. The number of rotatable bonds is 5. The Morgan fingerprint density at radius 2 is 1.88 bits per heavy atom. The van der Waals surface area contributed by atoms with Gasteiger partial charge in [0, 0.05) is 31.4 Å². The zero-order valence-electron chi connectivity index (χ0n) is 14.6. The van der Waals surface area contributed by atoms with E-state index in [1.165, 1.54) is 0 Å². The van der Waals surface area contributed by atoms with Crippen molar-refractivity contribution in [1.82, 2.24) is 14.8 Å². The van der Waals surface area contributed by atoms with E-state index in [0.29, 0.717) is 24.8 Å². The fourth-order valence-electron chi connectivity index (χ4n) is 3.37. The highest BCUT2D eigenvalue weighted by Crippen LogP contribution is 2.36. The van der Waals surface area contributed by atoms with E-state index in [-0.39, 0.29) is 24.6 Å². The number of nitrogens with zero attached hydrogens (tertiary/aromatic N) is 2. The summed E-state index contributed by atoms with van der Waals surface area (Å²) < 4.78 is 7.42. The number of aromatic nitrogens is 1. The number of carbonyl (C=O) groups excluding carboxylic acids is 2. The van der Waals surface area contributed by atoms with E-state index in [9.17, 15) is 9.59 Å². The van der Waals surface area contributed by atoms with Crippen molar-refractivity contribution < 1.29 is 14.3 Å². The van der Waals surface area contributed by atoms with Crippen LogP contribution in [0.3, 0.4) is 0 Å². The fraction of sp³-hybridized carbons (Fsp3) is 0.400. The Balaban J connectivity index is 1.27. The van der Waals surface area contributed by atoms with Crippen LogP contribution in [-0.2, 0) is 11.3 Å². The third-order valence-corrected chi connectivity index (χ3v) is 4.94. The largest absolute Gasteiger partial charge is 0.445 e. The van der Waals surface area contributed by atoms with Gasteiger partial charge in [-0.3, -0.25) is 4.79 Å². The Labute approximate surface area is 152 Å². The normalized spacial score (nSPS) is 19.4. The maximum atomic E-state index is 12.5. The summed E-state index contributed by atoms with van der Waals surface area (Å²) in [5.41, 5.74) is 1.67. The summed E-state index contributed by atoms with van der Waals surface area (Å²) in [6, 6.07) is 13.8. The first-order chi connectivity index (χ1) is 12.7. The molecule has 1 saturated heterocycles. The summed E-state index contributed by atoms with van der Waals surface area (Å²) in [6.45, 7) is 1.35. The van der Waals surface area contributed by atoms with Crippen molar-refractivity contribution in [3.8, 4) is 0 Å². The van der Waals surface area contributed by atoms with Crippen LogP contribution in [0.25, 0.3) is 0 Å². The van der Waals surface area contributed by atoms with E-state index in [1.807, 2.05) is 48.7 Å². The maximum Gasteiger partial charge on any atom is 0.410 e. The van der Waals surface area contributed by atoms with Gasteiger partial charge in [0.25, 0.3) is 5.91 Å². The predicted molar refractivity (Wildman–Crippen MR) is 96.8 cm³/mol. The smallest absolute Gasteiger partial charge is 0.410 e. The van der Waals surface area contributed by atoms with Gasteiger partial charge in [0.15, 0.2) is 0 Å². The second kappa shape index (κ2) is 7.23. The average molecular weight is 353 g/mol. The van der Waals surface area contributed by atoms with Gasteiger partial charge in [-0.05, 0) is 37.0 Å². The maximum absolute atomic E-state index is 12.5. The molecule has 6 heteroatoms. The molecule has 6 nitrogen and oxygen atoms in total. The number of amides is 2. The van der Waals surface area contributed by atoms with E-state index in [4.69, 9.17) is 4.74 Å². The van der Waals surface area contributed by atoms with Crippen LogP contribution in [0.15, 0.2) is 48.7 Å². The molecular weight excluding hydrogens is 330 g/mol. The molecule has 0 spiro atoms. The summed E-state index contributed by atoms with van der Waals surface area (Å²) in [7, 11) is 0. The highest BCUT2D eigenvalue weighted by atomic mass is 16.6. The minimum absolute atomic E-state index is 0.0330. The van der Waals surface area contributed by atoms with Crippen LogP contribution in [0.5, 0.6) is 0 Å². The molecule has 2 aliphatic rings.